The predicted molar refractivity (Wildman–Crippen MR) is 128 cm³/mol. The number of benzene rings is 1. The largest absolute Gasteiger partial charge is 0.457 e. The maximum absolute atomic E-state index is 11.2. The highest BCUT2D eigenvalue weighted by molar-refractivity contribution is 5.83. The number of imidazole rings is 1. The summed E-state index contributed by atoms with van der Waals surface area (Å²) in [7, 11) is 0. The van der Waals surface area contributed by atoms with Crippen molar-refractivity contribution in [1.29, 1.82) is 0 Å². The lowest BCUT2D eigenvalue weighted by molar-refractivity contribution is -0.142. The van der Waals surface area contributed by atoms with Crippen LogP contribution < -0.4 is 11.1 Å². The second-order valence-electron chi connectivity index (χ2n) is 8.51. The number of carbonyl (C=O) groups excluding carboxylic acids is 1. The summed E-state index contributed by atoms with van der Waals surface area (Å²) in [4.78, 5) is 28.6. The number of ether oxygens (including phenoxy) is 2. The Kier molecular flexibility index (Phi) is 6.94. The summed E-state index contributed by atoms with van der Waals surface area (Å²) in [5.74, 6) is 0.753. The summed E-state index contributed by atoms with van der Waals surface area (Å²) in [6, 6.07) is 9.27. The van der Waals surface area contributed by atoms with Gasteiger partial charge in [0.1, 0.15) is 11.6 Å². The van der Waals surface area contributed by atoms with E-state index < -0.39 is 24.5 Å². The van der Waals surface area contributed by atoms with Crippen LogP contribution in [-0.2, 0) is 27.1 Å². The molecule has 0 unspecified atom stereocenters. The second-order valence-corrected chi connectivity index (χ2v) is 8.51. The monoisotopic (exact) mass is 510 g/mol. The summed E-state index contributed by atoms with van der Waals surface area (Å²) >= 11 is 0. The van der Waals surface area contributed by atoms with E-state index in [-0.39, 0.29) is 47.9 Å². The summed E-state index contributed by atoms with van der Waals surface area (Å²) in [6.45, 7) is 1.91. The third kappa shape index (κ3) is 4.81. The molecule has 194 valence electrons. The molecule has 0 radical (unpaired) electrons. The molecule has 37 heavy (non-hydrogen) atoms. The average molecular weight is 511 g/mol. The van der Waals surface area contributed by atoms with Crippen LogP contribution in [0, 0.1) is 0 Å². The van der Waals surface area contributed by atoms with Gasteiger partial charge in [0.05, 0.1) is 19.0 Å². The van der Waals surface area contributed by atoms with E-state index in [1.54, 1.807) is 0 Å². The van der Waals surface area contributed by atoms with E-state index in [2.05, 4.69) is 30.4 Å². The molecule has 5 N–H and O–H groups in total. The predicted octanol–water partition coefficient (Wildman–Crippen LogP) is 0.542. The first kappa shape index (κ1) is 24.5. The number of hydrogen-bond donors (Lipinski definition) is 4. The molecule has 0 aliphatic carbocycles. The van der Waals surface area contributed by atoms with Gasteiger partial charge in [0.2, 0.25) is 5.95 Å². The molecule has 4 aromatic rings. The number of nitrogens with zero attached hydrogens (tertiary/aromatic N) is 6. The minimum Gasteiger partial charge on any atom is -0.457 e. The van der Waals surface area contributed by atoms with Crippen LogP contribution in [0.15, 0.2) is 41.2 Å². The Bertz CT molecular complexity index is 1360. The van der Waals surface area contributed by atoms with E-state index in [0.29, 0.717) is 18.7 Å². The number of rotatable bonds is 10. The van der Waals surface area contributed by atoms with Crippen LogP contribution in [0.4, 0.5) is 11.8 Å². The van der Waals surface area contributed by atoms with Gasteiger partial charge < -0.3 is 35.3 Å². The van der Waals surface area contributed by atoms with Crippen LogP contribution in [0.1, 0.15) is 36.5 Å². The van der Waals surface area contributed by atoms with Gasteiger partial charge in [-0.05, 0) is 12.0 Å². The number of nitrogen functional groups attached to an aromatic ring is 1. The van der Waals surface area contributed by atoms with Gasteiger partial charge in [0.15, 0.2) is 35.7 Å². The Hall–Kier alpha value is -4.14. The topological polar surface area (TPSA) is 197 Å². The number of fused-ring (bicyclic) bond motifs is 1. The van der Waals surface area contributed by atoms with E-state index in [1.165, 1.54) is 10.9 Å². The van der Waals surface area contributed by atoms with Crippen molar-refractivity contribution in [2.45, 2.75) is 50.3 Å². The molecule has 0 saturated carbocycles. The van der Waals surface area contributed by atoms with E-state index >= 15 is 0 Å². The third-order valence-electron chi connectivity index (χ3n) is 6.07. The molecule has 1 saturated heterocycles. The third-order valence-corrected chi connectivity index (χ3v) is 6.07. The van der Waals surface area contributed by atoms with Crippen molar-refractivity contribution in [3.8, 4) is 0 Å². The fourth-order valence-electron chi connectivity index (χ4n) is 4.25. The fourth-order valence-corrected chi connectivity index (χ4v) is 4.25. The molecule has 1 aromatic carbocycles. The zero-order valence-electron chi connectivity index (χ0n) is 19.8. The summed E-state index contributed by atoms with van der Waals surface area (Å²) in [5, 5.41) is 27.7. The van der Waals surface area contributed by atoms with Crippen molar-refractivity contribution in [2.24, 2.45) is 0 Å². The molecule has 1 aliphatic heterocycles. The average Bonchev–Trinajstić information content (AvgIpc) is 3.62. The maximum atomic E-state index is 11.2. The van der Waals surface area contributed by atoms with Crippen LogP contribution in [0.5, 0.6) is 0 Å². The lowest BCUT2D eigenvalue weighted by atomic mass is 10.1. The lowest BCUT2D eigenvalue weighted by Crippen LogP contribution is -2.32. The molecule has 14 nitrogen and oxygen atoms in total. The normalized spacial score (nSPS) is 22.2. The van der Waals surface area contributed by atoms with Crippen molar-refractivity contribution < 1.29 is 29.0 Å². The molecule has 3 aromatic heterocycles. The Labute approximate surface area is 210 Å². The van der Waals surface area contributed by atoms with E-state index in [0.717, 1.165) is 5.56 Å². The number of nitrogens with one attached hydrogen (secondary N) is 1. The Morgan fingerprint density at radius 1 is 1.27 bits per heavy atom. The first-order valence-corrected chi connectivity index (χ1v) is 11.7. The molecular formula is C23H26N8O6. The Morgan fingerprint density at radius 2 is 2.08 bits per heavy atom. The zero-order chi connectivity index (χ0) is 25.9. The van der Waals surface area contributed by atoms with Crippen molar-refractivity contribution in [1.82, 2.24) is 29.7 Å². The van der Waals surface area contributed by atoms with Crippen LogP contribution >= 0.6 is 0 Å². The lowest BCUT2D eigenvalue weighted by Gasteiger charge is -2.20. The van der Waals surface area contributed by atoms with Gasteiger partial charge in [-0.1, -0.05) is 42.4 Å². The number of hydrogen-bond acceptors (Lipinski definition) is 13. The summed E-state index contributed by atoms with van der Waals surface area (Å²) in [6.07, 6.45) is -2.07. The molecule has 1 aliphatic rings. The van der Waals surface area contributed by atoms with Gasteiger partial charge in [-0.3, -0.25) is 9.36 Å². The number of nitrogens with two attached hydrogens (primary N) is 1. The van der Waals surface area contributed by atoms with Crippen LogP contribution in [0.25, 0.3) is 11.2 Å². The van der Waals surface area contributed by atoms with Crippen molar-refractivity contribution in [3.63, 3.8) is 0 Å². The Morgan fingerprint density at radius 3 is 2.78 bits per heavy atom. The minimum atomic E-state index is -1.31. The van der Waals surface area contributed by atoms with Gasteiger partial charge >= 0.3 is 0 Å². The smallest absolute Gasteiger partial charge is 0.293 e. The van der Waals surface area contributed by atoms with Crippen LogP contribution in [-0.4, -0.2) is 71.2 Å². The zero-order valence-corrected chi connectivity index (χ0v) is 19.8. The fraction of sp³-hybridized carbons (Fsp3) is 0.391. The number of carbonyl (C=O) groups is 1. The van der Waals surface area contributed by atoms with Gasteiger partial charge in [-0.25, -0.2) is 4.98 Å². The molecule has 0 bridgehead atoms. The SMILES string of the molecule is CCc1noc([C@H]2O[C@@H](n3cnc4c(N)nc(N[C@H](CO)Cc5ccccc5)nc43)[C@H](OC=O)[C@@H]2O)n1. The molecule has 5 rings (SSSR count). The number of anilines is 2. The second kappa shape index (κ2) is 10.5. The van der Waals surface area contributed by atoms with Gasteiger partial charge in [-0.2, -0.15) is 15.0 Å². The van der Waals surface area contributed by atoms with Gasteiger partial charge in [0.25, 0.3) is 12.4 Å². The molecule has 5 atom stereocenters. The van der Waals surface area contributed by atoms with Gasteiger partial charge in [0, 0.05) is 6.42 Å². The highest BCUT2D eigenvalue weighted by Gasteiger charge is 2.50. The number of aromatic nitrogens is 6. The highest BCUT2D eigenvalue weighted by Crippen LogP contribution is 2.41. The molecule has 0 amide bonds. The van der Waals surface area contributed by atoms with Crippen LogP contribution in [0.2, 0.25) is 0 Å². The van der Waals surface area contributed by atoms with Crippen molar-refractivity contribution in [2.75, 3.05) is 17.7 Å². The number of aliphatic hydroxyl groups excluding tert-OH is 2. The summed E-state index contributed by atoms with van der Waals surface area (Å²) < 4.78 is 17.9. The van der Waals surface area contributed by atoms with Crippen LogP contribution in [0.3, 0.4) is 0 Å². The van der Waals surface area contributed by atoms with E-state index in [1.807, 2.05) is 37.3 Å². The van der Waals surface area contributed by atoms with Crippen molar-refractivity contribution >= 4 is 29.4 Å². The van der Waals surface area contributed by atoms with Gasteiger partial charge in [-0.15, -0.1) is 0 Å². The van der Waals surface area contributed by atoms with Crippen molar-refractivity contribution in [3.05, 3.63) is 53.9 Å². The molecular weight excluding hydrogens is 484 g/mol. The summed E-state index contributed by atoms with van der Waals surface area (Å²) in [5.41, 5.74) is 7.73. The molecule has 0 spiro atoms. The highest BCUT2D eigenvalue weighted by atomic mass is 16.6. The Balaban J connectivity index is 1.46. The molecule has 4 heterocycles. The standard InChI is InChI=1S/C23H26N8O6/c1-2-14-27-21(37-30-14)17-16(34)18(35-11-33)22(36-17)31-10-25-15-19(24)28-23(29-20(15)31)26-13(9-32)8-12-6-4-3-5-7-12/h3-7,10-11,13,16-18,22,32,34H,2,8-9H2,1H3,(H3,24,26,28,29)/t13-,16+,17-,18+,22+/m0/s1. The first-order valence-electron chi connectivity index (χ1n) is 11.7. The number of aliphatic hydroxyl groups is 2. The minimum absolute atomic E-state index is 0.0546. The quantitative estimate of drug-likeness (QED) is 0.216. The first-order chi connectivity index (χ1) is 18.0. The van der Waals surface area contributed by atoms with E-state index in [9.17, 15) is 15.0 Å². The number of aryl methyl sites for hydroxylation is 1. The molecule has 1 fully saturated rings. The maximum Gasteiger partial charge on any atom is 0.293 e. The molecule has 14 heteroatoms. The van der Waals surface area contributed by atoms with E-state index in [4.69, 9.17) is 19.7 Å².